The minimum atomic E-state index is -4.57. The first-order chi connectivity index (χ1) is 12.9. The zero-order valence-electron chi connectivity index (χ0n) is 14.1. The molecule has 0 bridgehead atoms. The Hall–Kier alpha value is -2.98. The van der Waals surface area contributed by atoms with Crippen LogP contribution >= 0.6 is 0 Å². The van der Waals surface area contributed by atoms with E-state index >= 15 is 0 Å². The SMILES string of the molecule is O=C(NC[C@H]1COc2ccccc2O1)N1CCn2c(nnc2C(F)(F)F)C1. The normalized spacial score (nSPS) is 18.8. The number of para-hydroxylation sites is 2. The largest absolute Gasteiger partial charge is 0.486 e. The van der Waals surface area contributed by atoms with Crippen LogP contribution in [0.2, 0.25) is 0 Å². The smallest absolute Gasteiger partial charge is 0.451 e. The van der Waals surface area contributed by atoms with Crippen molar-refractivity contribution in [3.63, 3.8) is 0 Å². The van der Waals surface area contributed by atoms with Crippen LogP contribution in [0.15, 0.2) is 24.3 Å². The number of ether oxygens (including phenoxy) is 2. The highest BCUT2D eigenvalue weighted by molar-refractivity contribution is 5.74. The second-order valence-corrected chi connectivity index (χ2v) is 6.19. The molecule has 0 radical (unpaired) electrons. The summed E-state index contributed by atoms with van der Waals surface area (Å²) in [6.07, 6.45) is -4.92. The molecule has 27 heavy (non-hydrogen) atoms. The average Bonchev–Trinajstić information content (AvgIpc) is 3.09. The van der Waals surface area contributed by atoms with E-state index in [1.807, 2.05) is 12.1 Å². The molecule has 144 valence electrons. The third-order valence-corrected chi connectivity index (χ3v) is 4.34. The predicted octanol–water partition coefficient (Wildman–Crippen LogP) is 1.66. The molecule has 0 unspecified atom stereocenters. The van der Waals surface area contributed by atoms with Crippen LogP contribution in [0.4, 0.5) is 18.0 Å². The molecule has 0 saturated heterocycles. The topological polar surface area (TPSA) is 81.5 Å². The number of benzene rings is 1. The van der Waals surface area contributed by atoms with Crippen LogP contribution in [0.3, 0.4) is 0 Å². The quantitative estimate of drug-likeness (QED) is 0.853. The van der Waals surface area contributed by atoms with E-state index in [0.29, 0.717) is 18.1 Å². The van der Waals surface area contributed by atoms with E-state index in [1.165, 1.54) is 4.90 Å². The van der Waals surface area contributed by atoms with E-state index in [-0.39, 0.29) is 38.1 Å². The monoisotopic (exact) mass is 383 g/mol. The van der Waals surface area contributed by atoms with Crippen molar-refractivity contribution in [3.05, 3.63) is 35.9 Å². The van der Waals surface area contributed by atoms with Gasteiger partial charge in [-0.2, -0.15) is 13.2 Å². The van der Waals surface area contributed by atoms with Crippen molar-refractivity contribution in [1.82, 2.24) is 25.0 Å². The number of nitrogens with zero attached hydrogens (tertiary/aromatic N) is 4. The molecule has 0 saturated carbocycles. The Labute approximate surface area is 151 Å². The Morgan fingerprint density at radius 2 is 2.00 bits per heavy atom. The van der Waals surface area contributed by atoms with Crippen LogP contribution in [0, 0.1) is 0 Å². The highest BCUT2D eigenvalue weighted by atomic mass is 19.4. The number of halogens is 3. The van der Waals surface area contributed by atoms with Gasteiger partial charge in [-0.05, 0) is 12.1 Å². The lowest BCUT2D eigenvalue weighted by molar-refractivity contribution is -0.147. The van der Waals surface area contributed by atoms with Crippen LogP contribution in [0.5, 0.6) is 11.5 Å². The first-order valence-electron chi connectivity index (χ1n) is 8.32. The van der Waals surface area contributed by atoms with E-state index in [1.54, 1.807) is 12.1 Å². The highest BCUT2D eigenvalue weighted by Gasteiger charge is 2.40. The van der Waals surface area contributed by atoms with Crippen LogP contribution in [0.1, 0.15) is 11.6 Å². The fourth-order valence-corrected chi connectivity index (χ4v) is 3.02. The second-order valence-electron chi connectivity index (χ2n) is 6.19. The maximum atomic E-state index is 12.9. The molecule has 1 atom stereocenters. The lowest BCUT2D eigenvalue weighted by Crippen LogP contribution is -2.48. The third kappa shape index (κ3) is 3.49. The Balaban J connectivity index is 1.33. The lowest BCUT2D eigenvalue weighted by atomic mass is 10.2. The number of amides is 2. The van der Waals surface area contributed by atoms with Gasteiger partial charge in [0.05, 0.1) is 13.1 Å². The minimum Gasteiger partial charge on any atom is -0.486 e. The Kier molecular flexibility index (Phi) is 4.28. The molecular weight excluding hydrogens is 367 g/mol. The fraction of sp³-hybridized carbons (Fsp3) is 0.438. The van der Waals surface area contributed by atoms with Gasteiger partial charge in [0.15, 0.2) is 23.4 Å². The van der Waals surface area contributed by atoms with Gasteiger partial charge in [0, 0.05) is 13.1 Å². The molecule has 2 amide bonds. The van der Waals surface area contributed by atoms with Gasteiger partial charge < -0.3 is 24.3 Å². The van der Waals surface area contributed by atoms with Gasteiger partial charge >= 0.3 is 12.2 Å². The van der Waals surface area contributed by atoms with Crippen molar-refractivity contribution in [3.8, 4) is 11.5 Å². The summed E-state index contributed by atoms with van der Waals surface area (Å²) in [7, 11) is 0. The van der Waals surface area contributed by atoms with Crippen molar-refractivity contribution >= 4 is 6.03 Å². The summed E-state index contributed by atoms with van der Waals surface area (Å²) in [5.74, 6) is 0.323. The molecular formula is C16H16F3N5O3. The molecule has 2 aliphatic rings. The standard InChI is InChI=1S/C16H16F3N5O3/c17-16(18,19)14-22-21-13-8-23(5-6-24(13)14)15(25)20-7-10-9-26-11-3-1-2-4-12(11)27-10/h1-4,10H,5-9H2,(H,20,25)/t10-/m0/s1. The Morgan fingerprint density at radius 3 is 2.78 bits per heavy atom. The zero-order chi connectivity index (χ0) is 19.0. The summed E-state index contributed by atoms with van der Waals surface area (Å²) in [6.45, 7) is 0.580. The first kappa shape index (κ1) is 17.4. The molecule has 2 aromatic rings. The van der Waals surface area contributed by atoms with Gasteiger partial charge in [-0.15, -0.1) is 10.2 Å². The van der Waals surface area contributed by atoms with E-state index in [0.717, 1.165) is 4.57 Å². The number of rotatable bonds is 2. The maximum Gasteiger partial charge on any atom is 0.451 e. The van der Waals surface area contributed by atoms with Crippen molar-refractivity contribution in [2.75, 3.05) is 19.7 Å². The summed E-state index contributed by atoms with van der Waals surface area (Å²) in [4.78, 5) is 13.7. The second kappa shape index (κ2) is 6.63. The molecule has 8 nitrogen and oxygen atoms in total. The Morgan fingerprint density at radius 1 is 1.22 bits per heavy atom. The van der Waals surface area contributed by atoms with Gasteiger partial charge in [0.1, 0.15) is 6.61 Å². The summed E-state index contributed by atoms with van der Waals surface area (Å²) in [5, 5.41) is 9.48. The van der Waals surface area contributed by atoms with Crippen molar-refractivity contribution in [2.24, 2.45) is 0 Å². The van der Waals surface area contributed by atoms with Gasteiger partial charge in [-0.1, -0.05) is 12.1 Å². The molecule has 11 heteroatoms. The molecule has 0 aliphatic carbocycles. The number of fused-ring (bicyclic) bond motifs is 2. The van der Waals surface area contributed by atoms with E-state index < -0.39 is 18.0 Å². The van der Waals surface area contributed by atoms with Crippen LogP contribution in [-0.4, -0.2) is 51.5 Å². The summed E-state index contributed by atoms with van der Waals surface area (Å²) < 4.78 is 50.9. The molecule has 1 N–H and O–H groups in total. The summed E-state index contributed by atoms with van der Waals surface area (Å²) in [5.41, 5.74) is 0. The molecule has 1 aromatic heterocycles. The van der Waals surface area contributed by atoms with Crippen molar-refractivity contribution in [1.29, 1.82) is 0 Å². The highest BCUT2D eigenvalue weighted by Crippen LogP contribution is 2.31. The van der Waals surface area contributed by atoms with Gasteiger partial charge in [-0.25, -0.2) is 4.79 Å². The number of hydrogen-bond acceptors (Lipinski definition) is 5. The first-order valence-corrected chi connectivity index (χ1v) is 8.32. The Bertz CT molecular complexity index is 854. The third-order valence-electron chi connectivity index (χ3n) is 4.34. The number of aromatic nitrogens is 3. The van der Waals surface area contributed by atoms with Gasteiger partial charge in [0.2, 0.25) is 5.82 Å². The van der Waals surface area contributed by atoms with E-state index in [9.17, 15) is 18.0 Å². The average molecular weight is 383 g/mol. The van der Waals surface area contributed by atoms with Crippen LogP contribution in [-0.2, 0) is 19.3 Å². The van der Waals surface area contributed by atoms with Crippen LogP contribution in [0.25, 0.3) is 0 Å². The summed E-state index contributed by atoms with van der Waals surface area (Å²) >= 11 is 0. The van der Waals surface area contributed by atoms with Crippen molar-refractivity contribution in [2.45, 2.75) is 25.4 Å². The van der Waals surface area contributed by atoms with E-state index in [2.05, 4.69) is 15.5 Å². The predicted molar refractivity (Wildman–Crippen MR) is 85.2 cm³/mol. The number of hydrogen-bond donors (Lipinski definition) is 1. The molecule has 0 fully saturated rings. The number of carbonyl (C=O) groups is 1. The lowest BCUT2D eigenvalue weighted by Gasteiger charge is -2.30. The zero-order valence-corrected chi connectivity index (χ0v) is 14.1. The molecule has 1 aromatic carbocycles. The van der Waals surface area contributed by atoms with Crippen molar-refractivity contribution < 1.29 is 27.4 Å². The fourth-order valence-electron chi connectivity index (χ4n) is 3.02. The molecule has 2 aliphatic heterocycles. The number of urea groups is 1. The molecule has 4 rings (SSSR count). The minimum absolute atomic E-state index is 0.0129. The number of alkyl halides is 3. The maximum absolute atomic E-state index is 12.9. The molecule has 3 heterocycles. The van der Waals surface area contributed by atoms with E-state index in [4.69, 9.17) is 9.47 Å². The number of carbonyl (C=O) groups excluding carboxylic acids is 1. The summed E-state index contributed by atoms with van der Waals surface area (Å²) in [6, 6.07) is 6.83. The van der Waals surface area contributed by atoms with Gasteiger partial charge in [-0.3, -0.25) is 0 Å². The van der Waals surface area contributed by atoms with Crippen LogP contribution < -0.4 is 14.8 Å². The number of nitrogens with one attached hydrogen (secondary N) is 1. The van der Waals surface area contributed by atoms with Gasteiger partial charge in [0.25, 0.3) is 0 Å². The molecule has 0 spiro atoms.